The Balaban J connectivity index is 2.20. The number of hydrogen-bond donors (Lipinski definition) is 1. The maximum Gasteiger partial charge on any atom is 0.120 e. The van der Waals surface area contributed by atoms with Gasteiger partial charge in [0.25, 0.3) is 0 Å². The van der Waals surface area contributed by atoms with Crippen LogP contribution in [-0.4, -0.2) is 5.11 Å². The van der Waals surface area contributed by atoms with E-state index in [1.807, 2.05) is 62.4 Å². The van der Waals surface area contributed by atoms with Crippen molar-refractivity contribution in [3.8, 4) is 11.8 Å². The maximum atomic E-state index is 9.62. The van der Waals surface area contributed by atoms with E-state index in [9.17, 15) is 10.4 Å². The summed E-state index contributed by atoms with van der Waals surface area (Å²) in [6.07, 6.45) is -0.520. The lowest BCUT2D eigenvalue weighted by atomic mass is 9.83. The van der Waals surface area contributed by atoms with Gasteiger partial charge in [-0.1, -0.05) is 36.4 Å². The van der Waals surface area contributed by atoms with Crippen molar-refractivity contribution in [1.82, 2.24) is 0 Å². The van der Waals surface area contributed by atoms with Crippen molar-refractivity contribution in [3.63, 3.8) is 0 Å². The minimum Gasteiger partial charge on any atom is -0.489 e. The highest BCUT2D eigenvalue weighted by Crippen LogP contribution is 2.27. The summed E-state index contributed by atoms with van der Waals surface area (Å²) in [5.74, 6) is 0.711. The molecule has 1 atom stereocenters. The lowest BCUT2D eigenvalue weighted by molar-refractivity contribution is 0.198. The first kappa shape index (κ1) is 16.1. The fraction of sp³-hybridized carbons (Fsp3) is 0.316. The lowest BCUT2D eigenvalue weighted by Gasteiger charge is -2.20. The molecule has 114 valence electrons. The quantitative estimate of drug-likeness (QED) is 0.902. The molecule has 0 fully saturated rings. The largest absolute Gasteiger partial charge is 0.489 e. The molecule has 0 saturated heterocycles. The van der Waals surface area contributed by atoms with Gasteiger partial charge in [0.1, 0.15) is 12.4 Å². The molecule has 0 radical (unpaired) electrons. The van der Waals surface area contributed by atoms with Gasteiger partial charge in [0, 0.05) is 0 Å². The third kappa shape index (κ3) is 3.66. The average molecular weight is 295 g/mol. The average Bonchev–Trinajstić information content (AvgIpc) is 2.53. The third-order valence-corrected chi connectivity index (χ3v) is 3.71. The van der Waals surface area contributed by atoms with Crippen LogP contribution in [0.25, 0.3) is 0 Å². The molecule has 2 aromatic carbocycles. The number of aliphatic hydroxyl groups is 1. The van der Waals surface area contributed by atoms with Crippen molar-refractivity contribution in [3.05, 3.63) is 65.2 Å². The van der Waals surface area contributed by atoms with Crippen LogP contribution in [0.4, 0.5) is 0 Å². The summed E-state index contributed by atoms with van der Waals surface area (Å²) in [5, 5.41) is 19.0. The molecular formula is C19H21NO2. The Bertz CT molecular complexity index is 684. The second-order valence-corrected chi connectivity index (χ2v) is 5.93. The summed E-state index contributed by atoms with van der Waals surface area (Å²) < 4.78 is 5.84. The molecule has 0 aliphatic heterocycles. The van der Waals surface area contributed by atoms with Gasteiger partial charge in [-0.15, -0.1) is 0 Å². The molecule has 0 heterocycles. The van der Waals surface area contributed by atoms with Crippen molar-refractivity contribution in [1.29, 1.82) is 5.26 Å². The van der Waals surface area contributed by atoms with Crippen LogP contribution in [0, 0.1) is 11.3 Å². The number of hydrogen-bond acceptors (Lipinski definition) is 3. The van der Waals surface area contributed by atoms with E-state index in [1.54, 1.807) is 6.92 Å². The molecule has 1 N–H and O–H groups in total. The molecule has 2 aromatic rings. The van der Waals surface area contributed by atoms with E-state index in [0.29, 0.717) is 12.4 Å². The second-order valence-electron chi connectivity index (χ2n) is 5.93. The highest BCUT2D eigenvalue weighted by Gasteiger charge is 2.22. The van der Waals surface area contributed by atoms with Crippen LogP contribution in [0.15, 0.2) is 48.5 Å². The van der Waals surface area contributed by atoms with E-state index in [4.69, 9.17) is 4.74 Å². The van der Waals surface area contributed by atoms with Gasteiger partial charge in [-0.05, 0) is 49.6 Å². The molecule has 3 nitrogen and oxygen atoms in total. The summed E-state index contributed by atoms with van der Waals surface area (Å²) in [6, 6.07) is 17.6. The Kier molecular flexibility index (Phi) is 4.85. The van der Waals surface area contributed by atoms with Gasteiger partial charge in [0.2, 0.25) is 0 Å². The molecule has 0 aromatic heterocycles. The monoisotopic (exact) mass is 295 g/mol. The minimum atomic E-state index is -0.554. The normalized spacial score (nSPS) is 12.5. The SMILES string of the molecule is CC(O)c1cccc(OCc2ccccc2C(C)(C)C#N)c1. The molecule has 0 aliphatic carbocycles. The van der Waals surface area contributed by atoms with Gasteiger partial charge in [-0.3, -0.25) is 0 Å². The van der Waals surface area contributed by atoms with Crippen molar-refractivity contribution < 1.29 is 9.84 Å². The fourth-order valence-electron chi connectivity index (χ4n) is 2.34. The van der Waals surface area contributed by atoms with Crippen LogP contribution in [0.2, 0.25) is 0 Å². The number of rotatable bonds is 5. The topological polar surface area (TPSA) is 53.2 Å². The van der Waals surface area contributed by atoms with E-state index in [2.05, 4.69) is 6.07 Å². The number of aliphatic hydroxyl groups excluding tert-OH is 1. The predicted molar refractivity (Wildman–Crippen MR) is 86.5 cm³/mol. The molecule has 0 spiro atoms. The Morgan fingerprint density at radius 1 is 1.18 bits per heavy atom. The van der Waals surface area contributed by atoms with Crippen LogP contribution in [0.3, 0.4) is 0 Å². The van der Waals surface area contributed by atoms with Gasteiger partial charge in [0.15, 0.2) is 0 Å². The van der Waals surface area contributed by atoms with Gasteiger partial charge in [-0.25, -0.2) is 0 Å². The molecule has 2 rings (SSSR count). The van der Waals surface area contributed by atoms with Crippen LogP contribution in [0.5, 0.6) is 5.75 Å². The van der Waals surface area contributed by atoms with E-state index in [-0.39, 0.29) is 0 Å². The first-order chi connectivity index (χ1) is 10.4. The molecule has 0 aliphatic rings. The van der Waals surface area contributed by atoms with E-state index < -0.39 is 11.5 Å². The summed E-state index contributed by atoms with van der Waals surface area (Å²) in [6.45, 7) is 5.92. The van der Waals surface area contributed by atoms with Gasteiger partial charge in [0.05, 0.1) is 17.6 Å². The predicted octanol–water partition coefficient (Wildman–Crippen LogP) is 4.12. The van der Waals surface area contributed by atoms with Crippen LogP contribution < -0.4 is 4.74 Å². The van der Waals surface area contributed by atoms with Gasteiger partial charge in [-0.2, -0.15) is 5.26 Å². The maximum absolute atomic E-state index is 9.62. The van der Waals surface area contributed by atoms with E-state index in [0.717, 1.165) is 16.7 Å². The lowest BCUT2D eigenvalue weighted by Crippen LogP contribution is -2.17. The van der Waals surface area contributed by atoms with E-state index >= 15 is 0 Å². The second kappa shape index (κ2) is 6.64. The zero-order chi connectivity index (χ0) is 16.2. The Morgan fingerprint density at radius 2 is 1.91 bits per heavy atom. The highest BCUT2D eigenvalue weighted by atomic mass is 16.5. The minimum absolute atomic E-state index is 0.393. The molecular weight excluding hydrogens is 274 g/mol. The Labute approximate surface area is 131 Å². The summed E-state index contributed by atoms with van der Waals surface area (Å²) in [4.78, 5) is 0. The van der Waals surface area contributed by atoms with Crippen molar-refractivity contribution in [2.45, 2.75) is 38.9 Å². The number of ether oxygens (including phenoxy) is 1. The van der Waals surface area contributed by atoms with Crippen LogP contribution in [-0.2, 0) is 12.0 Å². The summed E-state index contributed by atoms with van der Waals surface area (Å²) in [5.41, 5.74) is 2.24. The molecule has 0 bridgehead atoms. The molecule has 22 heavy (non-hydrogen) atoms. The number of nitriles is 1. The smallest absolute Gasteiger partial charge is 0.120 e. The summed E-state index contributed by atoms with van der Waals surface area (Å²) >= 11 is 0. The van der Waals surface area contributed by atoms with E-state index in [1.165, 1.54) is 0 Å². The standard InChI is InChI=1S/C19H21NO2/c1-14(21)15-8-6-9-17(11-15)22-12-16-7-4-5-10-18(16)19(2,3)13-20/h4-11,14,21H,12H2,1-3H3. The summed E-state index contributed by atoms with van der Waals surface area (Å²) in [7, 11) is 0. The third-order valence-electron chi connectivity index (χ3n) is 3.71. The zero-order valence-corrected chi connectivity index (χ0v) is 13.2. The fourth-order valence-corrected chi connectivity index (χ4v) is 2.34. The zero-order valence-electron chi connectivity index (χ0n) is 13.2. The Morgan fingerprint density at radius 3 is 2.59 bits per heavy atom. The molecule has 0 saturated carbocycles. The molecule has 1 unspecified atom stereocenters. The Hall–Kier alpha value is -2.31. The van der Waals surface area contributed by atoms with Gasteiger partial charge < -0.3 is 9.84 Å². The highest BCUT2D eigenvalue weighted by molar-refractivity contribution is 5.38. The molecule has 0 amide bonds. The first-order valence-corrected chi connectivity index (χ1v) is 7.34. The van der Waals surface area contributed by atoms with Crippen molar-refractivity contribution in [2.24, 2.45) is 0 Å². The molecule has 3 heteroatoms. The van der Waals surface area contributed by atoms with Crippen molar-refractivity contribution in [2.75, 3.05) is 0 Å². The first-order valence-electron chi connectivity index (χ1n) is 7.34. The number of benzene rings is 2. The van der Waals surface area contributed by atoms with Gasteiger partial charge >= 0.3 is 0 Å². The van der Waals surface area contributed by atoms with Crippen molar-refractivity contribution >= 4 is 0 Å². The van der Waals surface area contributed by atoms with Crippen LogP contribution in [0.1, 0.15) is 43.6 Å². The number of nitrogens with zero attached hydrogens (tertiary/aromatic N) is 1. The van der Waals surface area contributed by atoms with Crippen LogP contribution >= 0.6 is 0 Å².